The van der Waals surface area contributed by atoms with Crippen molar-refractivity contribution in [2.45, 2.75) is 25.1 Å². The van der Waals surface area contributed by atoms with Gasteiger partial charge in [-0.05, 0) is 44.2 Å². The summed E-state index contributed by atoms with van der Waals surface area (Å²) < 4.78 is 30.6. The number of nitrogens with zero attached hydrogens (tertiary/aromatic N) is 3. The summed E-state index contributed by atoms with van der Waals surface area (Å²) in [5, 5.41) is 7.15. The monoisotopic (exact) mass is 532 g/mol. The molecule has 2 heterocycles. The Labute approximate surface area is 223 Å². The number of amides is 2. The quantitative estimate of drug-likeness (QED) is 0.356. The molecular weight excluding hydrogens is 506 g/mol. The second kappa shape index (κ2) is 10.8. The lowest BCUT2D eigenvalue weighted by Gasteiger charge is -2.23. The summed E-state index contributed by atoms with van der Waals surface area (Å²) in [6, 6.07) is 21.5. The Kier molecular flexibility index (Phi) is 7.28. The van der Waals surface area contributed by atoms with Crippen LogP contribution >= 0.6 is 11.8 Å². The van der Waals surface area contributed by atoms with Crippen LogP contribution in [0.1, 0.15) is 30.2 Å². The van der Waals surface area contributed by atoms with Crippen LogP contribution in [-0.4, -0.2) is 39.9 Å². The summed E-state index contributed by atoms with van der Waals surface area (Å²) in [6.07, 6.45) is 0. The minimum atomic E-state index is -0.585. The van der Waals surface area contributed by atoms with Gasteiger partial charge in [-0.3, -0.25) is 14.5 Å². The molecule has 1 atom stereocenters. The number of fused-ring (bicyclic) bond motifs is 1. The molecule has 0 aliphatic carbocycles. The number of benzene rings is 3. The maximum absolute atomic E-state index is 15.2. The molecule has 4 aromatic rings. The first kappa shape index (κ1) is 25.7. The molecule has 0 bridgehead atoms. The van der Waals surface area contributed by atoms with E-state index in [0.717, 1.165) is 5.56 Å². The molecule has 0 fully saturated rings. The molecule has 6 nitrogen and oxygen atoms in total. The number of aromatic nitrogens is 2. The molecule has 1 N–H and O–H groups in total. The zero-order valence-corrected chi connectivity index (χ0v) is 21.7. The third-order valence-corrected chi connectivity index (χ3v) is 7.38. The number of hydrogen-bond donors (Lipinski definition) is 1. The lowest BCUT2D eigenvalue weighted by atomic mass is 9.99. The Balaban J connectivity index is 1.81. The molecule has 5 rings (SSSR count). The van der Waals surface area contributed by atoms with Crippen molar-refractivity contribution in [3.8, 4) is 16.9 Å². The van der Waals surface area contributed by atoms with Gasteiger partial charge in [-0.15, -0.1) is 11.8 Å². The van der Waals surface area contributed by atoms with E-state index in [1.54, 1.807) is 35.0 Å². The summed E-state index contributed by atoms with van der Waals surface area (Å²) in [4.78, 5) is 27.9. The Hall–Kier alpha value is -3.98. The highest BCUT2D eigenvalue weighted by Gasteiger charge is 2.38. The molecule has 1 aliphatic rings. The van der Waals surface area contributed by atoms with Gasteiger partial charge in [0.05, 0.1) is 22.4 Å². The van der Waals surface area contributed by atoms with Gasteiger partial charge < -0.3 is 5.32 Å². The number of anilines is 1. The first-order chi connectivity index (χ1) is 18.3. The fourth-order valence-electron chi connectivity index (χ4n) is 4.54. The van der Waals surface area contributed by atoms with E-state index in [4.69, 9.17) is 5.10 Å². The SMILES string of the molecule is CC(C)NC(=O)CN1C(=O)CSC(c2ccccc2F)c2c(-c3ccccc3)nn(-c3ccc(F)cc3)c21. The molecular formula is C29H26F2N4O2S. The minimum Gasteiger partial charge on any atom is -0.352 e. The van der Waals surface area contributed by atoms with E-state index in [9.17, 15) is 14.0 Å². The van der Waals surface area contributed by atoms with E-state index in [2.05, 4.69) is 5.32 Å². The second-order valence-corrected chi connectivity index (χ2v) is 10.3. The van der Waals surface area contributed by atoms with Gasteiger partial charge in [0.15, 0.2) is 0 Å². The zero-order valence-electron chi connectivity index (χ0n) is 20.9. The summed E-state index contributed by atoms with van der Waals surface area (Å²) in [5.41, 5.74) is 2.85. The normalized spacial score (nSPS) is 15.3. The van der Waals surface area contributed by atoms with Gasteiger partial charge in [-0.1, -0.05) is 48.5 Å². The highest BCUT2D eigenvalue weighted by Crippen LogP contribution is 2.49. The van der Waals surface area contributed by atoms with Crippen molar-refractivity contribution in [2.24, 2.45) is 0 Å². The van der Waals surface area contributed by atoms with Gasteiger partial charge in [0, 0.05) is 22.7 Å². The number of thioether (sulfide) groups is 1. The van der Waals surface area contributed by atoms with Gasteiger partial charge in [-0.25, -0.2) is 13.5 Å². The number of carbonyl (C=O) groups excluding carboxylic acids is 2. The third kappa shape index (κ3) is 5.06. The third-order valence-electron chi connectivity index (χ3n) is 6.15. The van der Waals surface area contributed by atoms with E-state index in [1.165, 1.54) is 34.9 Å². The first-order valence-corrected chi connectivity index (χ1v) is 13.3. The average molecular weight is 533 g/mol. The van der Waals surface area contributed by atoms with Crippen molar-refractivity contribution in [1.82, 2.24) is 15.1 Å². The van der Waals surface area contributed by atoms with E-state index < -0.39 is 16.9 Å². The van der Waals surface area contributed by atoms with Gasteiger partial charge in [0.25, 0.3) is 0 Å². The fourth-order valence-corrected chi connectivity index (χ4v) is 5.75. The van der Waals surface area contributed by atoms with Crippen LogP contribution in [0.15, 0.2) is 78.9 Å². The van der Waals surface area contributed by atoms with Crippen molar-refractivity contribution >= 4 is 29.4 Å². The topological polar surface area (TPSA) is 67.2 Å². The smallest absolute Gasteiger partial charge is 0.240 e. The molecule has 0 spiro atoms. The predicted octanol–water partition coefficient (Wildman–Crippen LogP) is 5.51. The molecule has 0 saturated carbocycles. The number of nitrogens with one attached hydrogen (secondary N) is 1. The number of carbonyl (C=O) groups is 2. The highest BCUT2D eigenvalue weighted by atomic mass is 32.2. The first-order valence-electron chi connectivity index (χ1n) is 12.2. The maximum Gasteiger partial charge on any atom is 0.240 e. The molecule has 1 aliphatic heterocycles. The number of hydrogen-bond acceptors (Lipinski definition) is 4. The van der Waals surface area contributed by atoms with Crippen LogP contribution in [0.5, 0.6) is 0 Å². The van der Waals surface area contributed by atoms with Gasteiger partial charge in [0.2, 0.25) is 11.8 Å². The fraction of sp³-hybridized carbons (Fsp3) is 0.207. The van der Waals surface area contributed by atoms with Crippen LogP contribution in [0.2, 0.25) is 0 Å². The summed E-state index contributed by atoms with van der Waals surface area (Å²) in [7, 11) is 0. The van der Waals surface area contributed by atoms with Crippen LogP contribution in [0.25, 0.3) is 16.9 Å². The van der Waals surface area contributed by atoms with E-state index >= 15 is 4.39 Å². The molecule has 1 unspecified atom stereocenters. The standard InChI is InChI=1S/C29H26F2N4O2S/c1-18(2)32-24(36)16-34-25(37)17-38-28(22-10-6-7-11-23(22)31)26-27(19-8-4-3-5-9-19)33-35(29(26)34)21-14-12-20(30)13-15-21/h3-15,18,28H,16-17H2,1-2H3,(H,32,36). The van der Waals surface area contributed by atoms with Crippen LogP contribution in [0, 0.1) is 11.6 Å². The maximum atomic E-state index is 15.2. The molecule has 194 valence electrons. The van der Waals surface area contributed by atoms with Crippen molar-refractivity contribution in [1.29, 1.82) is 0 Å². The lowest BCUT2D eigenvalue weighted by Crippen LogP contribution is -2.44. The summed E-state index contributed by atoms with van der Waals surface area (Å²) >= 11 is 1.29. The summed E-state index contributed by atoms with van der Waals surface area (Å²) in [5.74, 6) is -1.07. The Morgan fingerprint density at radius 2 is 1.71 bits per heavy atom. The molecule has 0 radical (unpaired) electrons. The van der Waals surface area contributed by atoms with E-state index in [-0.39, 0.29) is 30.2 Å². The molecule has 2 amide bonds. The van der Waals surface area contributed by atoms with Crippen molar-refractivity contribution in [2.75, 3.05) is 17.2 Å². The Morgan fingerprint density at radius 3 is 2.39 bits per heavy atom. The Bertz CT molecular complexity index is 1470. The number of halogens is 2. The molecule has 1 aromatic heterocycles. The van der Waals surface area contributed by atoms with E-state index in [0.29, 0.717) is 28.3 Å². The van der Waals surface area contributed by atoms with Crippen molar-refractivity contribution < 1.29 is 18.4 Å². The van der Waals surface area contributed by atoms with Gasteiger partial charge in [0.1, 0.15) is 24.0 Å². The van der Waals surface area contributed by atoms with Gasteiger partial charge in [-0.2, -0.15) is 5.10 Å². The van der Waals surface area contributed by atoms with Crippen LogP contribution in [0.3, 0.4) is 0 Å². The van der Waals surface area contributed by atoms with Crippen LogP contribution < -0.4 is 10.2 Å². The van der Waals surface area contributed by atoms with Crippen LogP contribution in [-0.2, 0) is 9.59 Å². The number of rotatable bonds is 6. The minimum absolute atomic E-state index is 0.0281. The average Bonchev–Trinajstić information content (AvgIpc) is 3.22. The molecule has 3 aromatic carbocycles. The largest absolute Gasteiger partial charge is 0.352 e. The predicted molar refractivity (Wildman–Crippen MR) is 145 cm³/mol. The van der Waals surface area contributed by atoms with Crippen molar-refractivity contribution in [3.05, 3.63) is 102 Å². The molecule has 0 saturated heterocycles. The summed E-state index contributed by atoms with van der Waals surface area (Å²) in [6.45, 7) is 3.44. The van der Waals surface area contributed by atoms with Crippen molar-refractivity contribution in [3.63, 3.8) is 0 Å². The second-order valence-electron chi connectivity index (χ2n) is 9.25. The lowest BCUT2D eigenvalue weighted by molar-refractivity contribution is -0.123. The van der Waals surface area contributed by atoms with Gasteiger partial charge >= 0.3 is 0 Å². The Morgan fingerprint density at radius 1 is 1.03 bits per heavy atom. The zero-order chi connectivity index (χ0) is 26.8. The molecule has 38 heavy (non-hydrogen) atoms. The van der Waals surface area contributed by atoms with Crippen LogP contribution in [0.4, 0.5) is 14.6 Å². The van der Waals surface area contributed by atoms with E-state index in [1.807, 2.05) is 44.2 Å². The highest BCUT2D eigenvalue weighted by molar-refractivity contribution is 8.00. The molecule has 9 heteroatoms.